The van der Waals surface area contributed by atoms with Gasteiger partial charge in [0, 0.05) is 11.9 Å². The van der Waals surface area contributed by atoms with Crippen molar-refractivity contribution in [1.82, 2.24) is 15.3 Å². The summed E-state index contributed by atoms with van der Waals surface area (Å²) < 4.78 is 5.16. The number of imidazole rings is 1. The summed E-state index contributed by atoms with van der Waals surface area (Å²) in [5.41, 5.74) is 1.92. The molecular weight excluding hydrogens is 266 g/mol. The number of benzene rings is 1. The van der Waals surface area contributed by atoms with Crippen LogP contribution in [0.4, 0.5) is 0 Å². The number of H-pyrrole nitrogens is 1. The molecule has 0 saturated carbocycles. The Morgan fingerprint density at radius 1 is 1.48 bits per heavy atom. The summed E-state index contributed by atoms with van der Waals surface area (Å²) in [7, 11) is 1.62. The van der Waals surface area contributed by atoms with Crippen LogP contribution < -0.4 is 10.1 Å². The average Bonchev–Trinajstić information content (AvgIpc) is 2.91. The maximum atomic E-state index is 12.2. The molecule has 0 aliphatic rings. The number of carbonyl (C=O) groups excluding carboxylic acids is 1. The van der Waals surface area contributed by atoms with E-state index in [1.165, 1.54) is 0 Å². The van der Waals surface area contributed by atoms with Gasteiger partial charge < -0.3 is 15.0 Å². The van der Waals surface area contributed by atoms with Crippen LogP contribution in [0.5, 0.6) is 5.75 Å². The molecule has 0 spiro atoms. The number of hydrogen-bond donors (Lipinski definition) is 2. The summed E-state index contributed by atoms with van der Waals surface area (Å²) >= 11 is 0. The van der Waals surface area contributed by atoms with Crippen molar-refractivity contribution >= 4 is 5.91 Å². The van der Waals surface area contributed by atoms with Gasteiger partial charge in [0.2, 0.25) is 5.91 Å². The molecule has 0 radical (unpaired) electrons. The van der Waals surface area contributed by atoms with Crippen molar-refractivity contribution in [3.63, 3.8) is 0 Å². The van der Waals surface area contributed by atoms with Crippen molar-refractivity contribution in [2.45, 2.75) is 32.7 Å². The molecule has 5 heteroatoms. The summed E-state index contributed by atoms with van der Waals surface area (Å²) in [6, 6.07) is 7.45. The first-order valence-corrected chi connectivity index (χ1v) is 7.06. The minimum Gasteiger partial charge on any atom is -0.497 e. The predicted molar refractivity (Wildman–Crippen MR) is 81.2 cm³/mol. The fourth-order valence-corrected chi connectivity index (χ4v) is 2.19. The van der Waals surface area contributed by atoms with Gasteiger partial charge >= 0.3 is 0 Å². The molecule has 1 heterocycles. The van der Waals surface area contributed by atoms with Crippen LogP contribution in [0.25, 0.3) is 0 Å². The van der Waals surface area contributed by atoms with E-state index in [9.17, 15) is 4.79 Å². The van der Waals surface area contributed by atoms with Gasteiger partial charge in [0.25, 0.3) is 0 Å². The Hall–Kier alpha value is -2.30. The number of nitrogens with zero attached hydrogens (tertiary/aromatic N) is 1. The van der Waals surface area contributed by atoms with Gasteiger partial charge in [0.1, 0.15) is 11.6 Å². The number of aromatic amines is 1. The van der Waals surface area contributed by atoms with Gasteiger partial charge in [0.15, 0.2) is 0 Å². The Morgan fingerprint density at radius 3 is 2.90 bits per heavy atom. The standard InChI is InChI=1S/C16H21N3O2/c1-4-14(16-17-10-11(2)18-16)19-15(20)9-12-6-5-7-13(8-12)21-3/h5-8,10,14H,4,9H2,1-3H3,(H,17,18)(H,19,20). The lowest BCUT2D eigenvalue weighted by atomic mass is 10.1. The third kappa shape index (κ3) is 4.08. The van der Waals surface area contributed by atoms with Crippen molar-refractivity contribution in [2.24, 2.45) is 0 Å². The van der Waals surface area contributed by atoms with E-state index >= 15 is 0 Å². The lowest BCUT2D eigenvalue weighted by molar-refractivity contribution is -0.121. The summed E-state index contributed by atoms with van der Waals surface area (Å²) in [6.07, 6.45) is 2.89. The van der Waals surface area contributed by atoms with Crippen LogP contribution in [-0.2, 0) is 11.2 Å². The number of hydrogen-bond acceptors (Lipinski definition) is 3. The first-order valence-electron chi connectivity index (χ1n) is 7.06. The van der Waals surface area contributed by atoms with E-state index < -0.39 is 0 Å². The number of ether oxygens (including phenoxy) is 1. The van der Waals surface area contributed by atoms with E-state index in [0.29, 0.717) is 6.42 Å². The fourth-order valence-electron chi connectivity index (χ4n) is 2.19. The molecule has 2 aromatic rings. The highest BCUT2D eigenvalue weighted by Crippen LogP contribution is 2.15. The van der Waals surface area contributed by atoms with Gasteiger partial charge in [0.05, 0.1) is 19.6 Å². The van der Waals surface area contributed by atoms with Gasteiger partial charge in [-0.25, -0.2) is 4.98 Å². The summed E-state index contributed by atoms with van der Waals surface area (Å²) in [4.78, 5) is 19.6. The fraction of sp³-hybridized carbons (Fsp3) is 0.375. The summed E-state index contributed by atoms with van der Waals surface area (Å²) in [6.45, 7) is 3.97. The van der Waals surface area contributed by atoms with Crippen LogP contribution in [0.15, 0.2) is 30.5 Å². The Morgan fingerprint density at radius 2 is 2.29 bits per heavy atom. The van der Waals surface area contributed by atoms with Crippen LogP contribution in [-0.4, -0.2) is 23.0 Å². The molecule has 21 heavy (non-hydrogen) atoms. The van der Waals surface area contributed by atoms with Crippen molar-refractivity contribution in [3.05, 3.63) is 47.5 Å². The minimum atomic E-state index is -0.0863. The quantitative estimate of drug-likeness (QED) is 0.858. The highest BCUT2D eigenvalue weighted by molar-refractivity contribution is 5.79. The molecular formula is C16H21N3O2. The average molecular weight is 287 g/mol. The molecule has 1 atom stereocenters. The summed E-state index contributed by atoms with van der Waals surface area (Å²) in [5, 5.41) is 3.01. The number of nitrogens with one attached hydrogen (secondary N) is 2. The second kappa shape index (κ2) is 6.92. The van der Waals surface area contributed by atoms with Crippen molar-refractivity contribution in [2.75, 3.05) is 7.11 Å². The van der Waals surface area contributed by atoms with Crippen molar-refractivity contribution < 1.29 is 9.53 Å². The summed E-state index contributed by atoms with van der Waals surface area (Å²) in [5.74, 6) is 1.53. The second-order valence-corrected chi connectivity index (χ2v) is 5.01. The van der Waals surface area contributed by atoms with E-state index in [4.69, 9.17) is 4.74 Å². The highest BCUT2D eigenvalue weighted by atomic mass is 16.5. The molecule has 0 fully saturated rings. The van der Waals surface area contributed by atoms with Crippen LogP contribution in [0, 0.1) is 6.92 Å². The van der Waals surface area contributed by atoms with Gasteiger partial charge in [-0.2, -0.15) is 0 Å². The molecule has 0 aliphatic heterocycles. The second-order valence-electron chi connectivity index (χ2n) is 5.01. The first kappa shape index (κ1) is 15.1. The van der Waals surface area contributed by atoms with Crippen LogP contribution in [0.2, 0.25) is 0 Å². The molecule has 0 saturated heterocycles. The van der Waals surface area contributed by atoms with Gasteiger partial charge in [-0.3, -0.25) is 4.79 Å². The minimum absolute atomic E-state index is 0.0239. The molecule has 5 nitrogen and oxygen atoms in total. The van der Waals surface area contributed by atoms with Crippen molar-refractivity contribution in [1.29, 1.82) is 0 Å². The van der Waals surface area contributed by atoms with E-state index in [2.05, 4.69) is 15.3 Å². The molecule has 1 aromatic heterocycles. The van der Waals surface area contributed by atoms with Crippen molar-refractivity contribution in [3.8, 4) is 5.75 Å². The van der Waals surface area contributed by atoms with Crippen LogP contribution in [0.3, 0.4) is 0 Å². The van der Waals surface area contributed by atoms with Gasteiger partial charge in [-0.15, -0.1) is 0 Å². The largest absolute Gasteiger partial charge is 0.497 e. The Labute approximate surface area is 124 Å². The first-order chi connectivity index (χ1) is 10.1. The topological polar surface area (TPSA) is 67.0 Å². The van der Waals surface area contributed by atoms with E-state index in [-0.39, 0.29) is 11.9 Å². The third-order valence-corrected chi connectivity index (χ3v) is 3.29. The molecule has 0 bridgehead atoms. The number of aryl methyl sites for hydroxylation is 1. The van der Waals surface area contributed by atoms with E-state index in [1.807, 2.05) is 38.1 Å². The maximum absolute atomic E-state index is 12.2. The number of aromatic nitrogens is 2. The zero-order valence-corrected chi connectivity index (χ0v) is 12.6. The lowest BCUT2D eigenvalue weighted by Crippen LogP contribution is -2.30. The van der Waals surface area contributed by atoms with Crippen LogP contribution >= 0.6 is 0 Å². The zero-order valence-electron chi connectivity index (χ0n) is 12.6. The van der Waals surface area contributed by atoms with E-state index in [0.717, 1.165) is 29.3 Å². The van der Waals surface area contributed by atoms with Crippen LogP contribution in [0.1, 0.15) is 36.5 Å². The monoisotopic (exact) mass is 287 g/mol. The number of amides is 1. The Bertz CT molecular complexity index is 607. The Kier molecular flexibility index (Phi) is 4.98. The maximum Gasteiger partial charge on any atom is 0.225 e. The zero-order chi connectivity index (χ0) is 15.2. The molecule has 0 aliphatic carbocycles. The number of rotatable bonds is 6. The molecule has 2 rings (SSSR count). The predicted octanol–water partition coefficient (Wildman–Crippen LogP) is 2.54. The Balaban J connectivity index is 1.99. The molecule has 1 unspecified atom stereocenters. The molecule has 1 amide bonds. The molecule has 112 valence electrons. The third-order valence-electron chi connectivity index (χ3n) is 3.29. The normalized spacial score (nSPS) is 12.0. The smallest absolute Gasteiger partial charge is 0.225 e. The lowest BCUT2D eigenvalue weighted by Gasteiger charge is -2.15. The molecule has 1 aromatic carbocycles. The van der Waals surface area contributed by atoms with Gasteiger partial charge in [-0.1, -0.05) is 19.1 Å². The van der Waals surface area contributed by atoms with Gasteiger partial charge in [-0.05, 0) is 31.0 Å². The highest BCUT2D eigenvalue weighted by Gasteiger charge is 2.15. The molecule has 2 N–H and O–H groups in total. The number of carbonyl (C=O) groups is 1. The SMILES string of the molecule is CCC(NC(=O)Cc1cccc(OC)c1)c1ncc(C)[nH]1. The number of methoxy groups -OCH3 is 1. The van der Waals surface area contributed by atoms with E-state index in [1.54, 1.807) is 13.3 Å².